The van der Waals surface area contributed by atoms with E-state index < -0.39 is 0 Å². The van der Waals surface area contributed by atoms with Crippen LogP contribution in [0.1, 0.15) is 46.0 Å². The lowest BCUT2D eigenvalue weighted by Gasteiger charge is -2.61. The molecule has 0 aromatic heterocycles. The molecule has 0 radical (unpaired) electrons. The van der Waals surface area contributed by atoms with E-state index in [0.29, 0.717) is 11.8 Å². The van der Waals surface area contributed by atoms with Crippen LogP contribution in [0.4, 0.5) is 0 Å². The molecular weight excluding hydrogens is 248 g/mol. The van der Waals surface area contributed by atoms with Crippen molar-refractivity contribution in [3.05, 3.63) is 0 Å². The quantitative estimate of drug-likeness (QED) is 0.730. The van der Waals surface area contributed by atoms with Gasteiger partial charge in [0.2, 0.25) is 5.24 Å². The number of carbonyl (C=O) groups excluding carboxylic acids is 1. The Hall–Kier alpha value is -0.0800. The molecule has 18 heavy (non-hydrogen) atoms. The number of rotatable bonds is 4. The first-order valence-electron chi connectivity index (χ1n) is 7.39. The van der Waals surface area contributed by atoms with Crippen molar-refractivity contribution >= 4 is 16.8 Å². The average molecular weight is 271 g/mol. The van der Waals surface area contributed by atoms with Crippen molar-refractivity contribution in [1.29, 1.82) is 0 Å². The summed E-state index contributed by atoms with van der Waals surface area (Å²) in [5, 5.41) is -0.174. The summed E-state index contributed by atoms with van der Waals surface area (Å²) in [6.45, 7) is 4.83. The fourth-order valence-corrected chi connectivity index (χ4v) is 5.65. The van der Waals surface area contributed by atoms with Gasteiger partial charge in [-0.1, -0.05) is 6.92 Å². The molecule has 0 N–H and O–H groups in total. The van der Waals surface area contributed by atoms with E-state index in [9.17, 15) is 4.79 Å². The number of halogens is 1. The molecule has 102 valence electrons. The summed E-state index contributed by atoms with van der Waals surface area (Å²) < 4.78 is 6.22. The van der Waals surface area contributed by atoms with Crippen LogP contribution in [0, 0.1) is 29.6 Å². The van der Waals surface area contributed by atoms with Crippen molar-refractivity contribution in [2.75, 3.05) is 6.61 Å². The minimum Gasteiger partial charge on any atom is -0.375 e. The Labute approximate surface area is 114 Å². The van der Waals surface area contributed by atoms with Gasteiger partial charge in [0.1, 0.15) is 0 Å². The second-order valence-electron chi connectivity index (χ2n) is 6.72. The lowest BCUT2D eigenvalue weighted by Crippen LogP contribution is -2.60. The van der Waals surface area contributed by atoms with E-state index >= 15 is 0 Å². The predicted molar refractivity (Wildman–Crippen MR) is 71.4 cm³/mol. The normalized spacial score (nSPS) is 47.3. The van der Waals surface area contributed by atoms with Crippen LogP contribution >= 0.6 is 11.6 Å². The van der Waals surface area contributed by atoms with E-state index in [1.165, 1.54) is 19.3 Å². The molecule has 0 spiro atoms. The summed E-state index contributed by atoms with van der Waals surface area (Å²) in [4.78, 5) is 11.6. The van der Waals surface area contributed by atoms with Gasteiger partial charge in [0.25, 0.3) is 0 Å². The lowest BCUT2D eigenvalue weighted by molar-refractivity contribution is -0.211. The highest BCUT2D eigenvalue weighted by atomic mass is 35.5. The molecule has 0 aromatic rings. The van der Waals surface area contributed by atoms with Crippen LogP contribution in [0.15, 0.2) is 0 Å². The van der Waals surface area contributed by atoms with Gasteiger partial charge in [-0.2, -0.15) is 0 Å². The molecule has 3 heteroatoms. The van der Waals surface area contributed by atoms with Crippen molar-refractivity contribution in [2.45, 2.75) is 51.6 Å². The third kappa shape index (κ3) is 1.84. The predicted octanol–water partition coefficient (Wildman–Crippen LogP) is 3.62. The number of hydrogen-bond acceptors (Lipinski definition) is 2. The van der Waals surface area contributed by atoms with E-state index in [1.54, 1.807) is 0 Å². The van der Waals surface area contributed by atoms with Crippen LogP contribution in [0.25, 0.3) is 0 Å². The Morgan fingerprint density at radius 1 is 1.33 bits per heavy atom. The lowest BCUT2D eigenvalue weighted by atomic mass is 9.47. The van der Waals surface area contributed by atoms with E-state index in [2.05, 4.69) is 6.92 Å². The molecule has 0 aromatic carbocycles. The topological polar surface area (TPSA) is 26.3 Å². The van der Waals surface area contributed by atoms with Gasteiger partial charge in [0.05, 0.1) is 5.60 Å². The van der Waals surface area contributed by atoms with Gasteiger partial charge in [-0.3, -0.25) is 4.79 Å². The number of carbonyl (C=O) groups is 1. The average Bonchev–Trinajstić information content (AvgIpc) is 2.26. The summed E-state index contributed by atoms with van der Waals surface area (Å²) in [6, 6.07) is 0. The maximum absolute atomic E-state index is 11.6. The molecule has 4 aliphatic carbocycles. The van der Waals surface area contributed by atoms with Crippen molar-refractivity contribution in [3.8, 4) is 0 Å². The van der Waals surface area contributed by atoms with Gasteiger partial charge in [-0.25, -0.2) is 0 Å². The van der Waals surface area contributed by atoms with Crippen molar-refractivity contribution in [2.24, 2.45) is 29.6 Å². The Kier molecular flexibility index (Phi) is 3.22. The first-order valence-corrected chi connectivity index (χ1v) is 7.77. The summed E-state index contributed by atoms with van der Waals surface area (Å²) in [7, 11) is 0. The van der Waals surface area contributed by atoms with Crippen LogP contribution in [-0.4, -0.2) is 17.5 Å². The van der Waals surface area contributed by atoms with Gasteiger partial charge in [-0.05, 0) is 68.4 Å². The highest BCUT2D eigenvalue weighted by Gasteiger charge is 2.59. The first-order chi connectivity index (χ1) is 8.55. The molecular formula is C15H23ClO2. The van der Waals surface area contributed by atoms with Crippen molar-refractivity contribution in [3.63, 3.8) is 0 Å². The second kappa shape index (κ2) is 4.49. The fraction of sp³-hybridized carbons (Fsp3) is 0.933. The SMILES string of the molecule is CCOC12CC3CC(CC(C3)C1C(C)C(=O)Cl)C2. The summed E-state index contributed by atoms with van der Waals surface area (Å²) in [6.07, 6.45) is 6.30. The Bertz CT molecular complexity index is 340. The monoisotopic (exact) mass is 270 g/mol. The van der Waals surface area contributed by atoms with Gasteiger partial charge in [0, 0.05) is 18.4 Å². The second-order valence-corrected chi connectivity index (χ2v) is 7.10. The van der Waals surface area contributed by atoms with Crippen molar-refractivity contribution < 1.29 is 9.53 Å². The summed E-state index contributed by atoms with van der Waals surface area (Å²) in [5.41, 5.74) is -0.0343. The number of hydrogen-bond donors (Lipinski definition) is 0. The van der Waals surface area contributed by atoms with E-state index in [4.69, 9.17) is 16.3 Å². The zero-order valence-corrected chi connectivity index (χ0v) is 12.1. The Morgan fingerprint density at radius 3 is 2.44 bits per heavy atom. The molecule has 0 heterocycles. The molecule has 4 fully saturated rings. The minimum atomic E-state index is -0.174. The Morgan fingerprint density at radius 2 is 1.94 bits per heavy atom. The van der Waals surface area contributed by atoms with Gasteiger partial charge < -0.3 is 4.74 Å². The summed E-state index contributed by atoms with van der Waals surface area (Å²) in [5.74, 6) is 2.64. The third-order valence-electron chi connectivity index (χ3n) is 5.65. The van der Waals surface area contributed by atoms with Crippen LogP contribution in [-0.2, 0) is 9.53 Å². The molecule has 0 aliphatic heterocycles. The molecule has 4 aliphatic rings. The molecule has 0 saturated heterocycles. The van der Waals surface area contributed by atoms with Crippen LogP contribution in [0.3, 0.4) is 0 Å². The van der Waals surface area contributed by atoms with E-state index in [-0.39, 0.29) is 16.8 Å². The standard InChI is InChI=1S/C15H23ClO2/c1-3-18-15-7-10-4-11(8-15)6-12(5-10)13(15)9(2)14(16)17/h9-13H,3-8H2,1-2H3. The molecule has 4 rings (SSSR count). The molecule has 4 atom stereocenters. The molecule has 0 amide bonds. The smallest absolute Gasteiger partial charge is 0.224 e. The molecule has 4 unspecified atom stereocenters. The number of ether oxygens (including phenoxy) is 1. The Balaban J connectivity index is 1.93. The first kappa shape index (κ1) is 12.9. The fourth-order valence-electron chi connectivity index (χ4n) is 5.51. The third-order valence-corrected chi connectivity index (χ3v) is 6.00. The van der Waals surface area contributed by atoms with E-state index in [1.807, 2.05) is 6.92 Å². The minimum absolute atomic E-state index is 0.0343. The highest BCUT2D eigenvalue weighted by Crippen LogP contribution is 2.61. The van der Waals surface area contributed by atoms with Crippen molar-refractivity contribution in [1.82, 2.24) is 0 Å². The zero-order chi connectivity index (χ0) is 12.9. The van der Waals surface area contributed by atoms with Gasteiger partial charge >= 0.3 is 0 Å². The zero-order valence-electron chi connectivity index (χ0n) is 11.3. The van der Waals surface area contributed by atoms with E-state index in [0.717, 1.165) is 31.3 Å². The van der Waals surface area contributed by atoms with Crippen LogP contribution in [0.5, 0.6) is 0 Å². The van der Waals surface area contributed by atoms with Crippen LogP contribution < -0.4 is 0 Å². The van der Waals surface area contributed by atoms with Gasteiger partial charge in [-0.15, -0.1) is 0 Å². The maximum Gasteiger partial charge on any atom is 0.224 e. The summed E-state index contributed by atoms with van der Waals surface area (Å²) >= 11 is 5.79. The molecule has 2 nitrogen and oxygen atoms in total. The van der Waals surface area contributed by atoms with Crippen LogP contribution in [0.2, 0.25) is 0 Å². The molecule has 4 saturated carbocycles. The largest absolute Gasteiger partial charge is 0.375 e. The highest BCUT2D eigenvalue weighted by molar-refractivity contribution is 6.63. The van der Waals surface area contributed by atoms with Gasteiger partial charge in [0.15, 0.2) is 0 Å². The molecule has 4 bridgehead atoms. The maximum atomic E-state index is 11.6.